The minimum atomic E-state index is -4.02. The number of nitrogens with zero attached hydrogens (tertiary/aromatic N) is 1. The molecule has 0 aromatic heterocycles. The molecule has 100 valence electrons. The summed E-state index contributed by atoms with van der Waals surface area (Å²) in [6.45, 7) is 1.21. The Morgan fingerprint density at radius 3 is 2.39 bits per heavy atom. The van der Waals surface area contributed by atoms with Crippen molar-refractivity contribution in [1.29, 1.82) is 0 Å². The van der Waals surface area contributed by atoms with Crippen LogP contribution in [0.4, 0.5) is 4.39 Å². The lowest BCUT2D eigenvalue weighted by molar-refractivity contribution is 0.0572. The number of rotatable bonds is 2. The highest BCUT2D eigenvalue weighted by Gasteiger charge is 2.38. The third-order valence-electron chi connectivity index (χ3n) is 2.93. The standard InChI is InChI=1S/C11H14FNO4S/c1-7-2-3-8(12)11(4-7)18(16,17)13-5-9(14)10(15)6-13/h2-4,9-10,14-15H,5-6H2,1H3/t9-,10+. The van der Waals surface area contributed by atoms with Gasteiger partial charge in [-0.3, -0.25) is 0 Å². The lowest BCUT2D eigenvalue weighted by atomic mass is 10.2. The van der Waals surface area contributed by atoms with E-state index in [4.69, 9.17) is 0 Å². The molecule has 0 aliphatic carbocycles. The zero-order valence-corrected chi connectivity index (χ0v) is 10.6. The van der Waals surface area contributed by atoms with Crippen LogP contribution in [0.15, 0.2) is 23.1 Å². The highest BCUT2D eigenvalue weighted by molar-refractivity contribution is 7.89. The largest absolute Gasteiger partial charge is 0.389 e. The van der Waals surface area contributed by atoms with E-state index in [-0.39, 0.29) is 13.1 Å². The summed E-state index contributed by atoms with van der Waals surface area (Å²) in [4.78, 5) is -0.427. The molecule has 0 amide bonds. The smallest absolute Gasteiger partial charge is 0.246 e. The molecule has 1 saturated heterocycles. The third kappa shape index (κ3) is 2.26. The van der Waals surface area contributed by atoms with Crippen LogP contribution in [-0.4, -0.2) is 48.2 Å². The van der Waals surface area contributed by atoms with Gasteiger partial charge in [-0.05, 0) is 24.6 Å². The van der Waals surface area contributed by atoms with Crippen molar-refractivity contribution in [2.75, 3.05) is 13.1 Å². The molecule has 0 radical (unpaired) electrons. The lowest BCUT2D eigenvalue weighted by Gasteiger charge is -2.16. The van der Waals surface area contributed by atoms with Gasteiger partial charge in [0.15, 0.2) is 0 Å². The maximum Gasteiger partial charge on any atom is 0.246 e. The van der Waals surface area contributed by atoms with Crippen molar-refractivity contribution in [3.8, 4) is 0 Å². The molecule has 1 aliphatic heterocycles. The second-order valence-corrected chi connectivity index (χ2v) is 6.30. The Kier molecular flexibility index (Phi) is 3.41. The van der Waals surface area contributed by atoms with Gasteiger partial charge in [0.25, 0.3) is 0 Å². The van der Waals surface area contributed by atoms with Gasteiger partial charge in [-0.2, -0.15) is 4.31 Å². The number of sulfonamides is 1. The van der Waals surface area contributed by atoms with E-state index in [1.54, 1.807) is 6.92 Å². The van der Waals surface area contributed by atoms with Gasteiger partial charge in [0.2, 0.25) is 10.0 Å². The summed E-state index contributed by atoms with van der Waals surface area (Å²) in [7, 11) is -4.02. The van der Waals surface area contributed by atoms with Crippen molar-refractivity contribution in [2.45, 2.75) is 24.0 Å². The average Bonchev–Trinajstić information content (AvgIpc) is 2.63. The summed E-state index contributed by atoms with van der Waals surface area (Å²) >= 11 is 0. The normalized spacial score (nSPS) is 25.6. The van der Waals surface area contributed by atoms with Crippen molar-refractivity contribution in [1.82, 2.24) is 4.31 Å². The Morgan fingerprint density at radius 2 is 1.83 bits per heavy atom. The quantitative estimate of drug-likeness (QED) is 0.787. The van der Waals surface area contributed by atoms with Gasteiger partial charge in [-0.1, -0.05) is 6.07 Å². The van der Waals surface area contributed by atoms with Gasteiger partial charge >= 0.3 is 0 Å². The molecule has 5 nitrogen and oxygen atoms in total. The fourth-order valence-corrected chi connectivity index (χ4v) is 3.50. The molecule has 2 rings (SSSR count). The van der Waals surface area contributed by atoms with Crippen LogP contribution in [0.2, 0.25) is 0 Å². The van der Waals surface area contributed by atoms with E-state index in [0.29, 0.717) is 5.56 Å². The van der Waals surface area contributed by atoms with Crippen molar-refractivity contribution >= 4 is 10.0 Å². The molecule has 2 atom stereocenters. The highest BCUT2D eigenvalue weighted by Crippen LogP contribution is 2.24. The Hall–Kier alpha value is -1.02. The predicted molar refractivity (Wildman–Crippen MR) is 61.9 cm³/mol. The van der Waals surface area contributed by atoms with E-state index < -0.39 is 32.9 Å². The molecule has 7 heteroatoms. The van der Waals surface area contributed by atoms with Crippen molar-refractivity contribution in [3.05, 3.63) is 29.6 Å². The maximum atomic E-state index is 13.6. The van der Waals surface area contributed by atoms with Crippen molar-refractivity contribution < 1.29 is 23.0 Å². The first-order valence-corrected chi connectivity index (χ1v) is 6.89. The van der Waals surface area contributed by atoms with Crippen LogP contribution in [-0.2, 0) is 10.0 Å². The third-order valence-corrected chi connectivity index (χ3v) is 4.78. The molecule has 0 unspecified atom stereocenters. The summed E-state index contributed by atoms with van der Waals surface area (Å²) in [5.74, 6) is -0.837. The molecule has 1 aliphatic rings. The molecule has 1 heterocycles. The van der Waals surface area contributed by atoms with E-state index >= 15 is 0 Å². The number of aryl methyl sites for hydroxylation is 1. The first-order valence-electron chi connectivity index (χ1n) is 5.45. The predicted octanol–water partition coefficient (Wildman–Crippen LogP) is -0.140. The zero-order chi connectivity index (χ0) is 13.5. The average molecular weight is 275 g/mol. The fourth-order valence-electron chi connectivity index (χ4n) is 1.88. The van der Waals surface area contributed by atoms with E-state index in [0.717, 1.165) is 10.4 Å². The maximum absolute atomic E-state index is 13.6. The number of benzene rings is 1. The zero-order valence-electron chi connectivity index (χ0n) is 9.75. The molecule has 0 bridgehead atoms. The van der Waals surface area contributed by atoms with Crippen LogP contribution >= 0.6 is 0 Å². The Bertz CT molecular complexity index is 550. The van der Waals surface area contributed by atoms with Crippen LogP contribution in [0, 0.1) is 12.7 Å². The van der Waals surface area contributed by atoms with Crippen LogP contribution in [0.5, 0.6) is 0 Å². The monoisotopic (exact) mass is 275 g/mol. The van der Waals surface area contributed by atoms with Gasteiger partial charge < -0.3 is 10.2 Å². The van der Waals surface area contributed by atoms with Gasteiger partial charge in [0, 0.05) is 13.1 Å². The van der Waals surface area contributed by atoms with Gasteiger partial charge in [-0.15, -0.1) is 0 Å². The van der Waals surface area contributed by atoms with Crippen LogP contribution in [0.1, 0.15) is 5.56 Å². The van der Waals surface area contributed by atoms with Crippen LogP contribution < -0.4 is 0 Å². The molecule has 2 N–H and O–H groups in total. The molecule has 18 heavy (non-hydrogen) atoms. The number of halogens is 1. The molecular weight excluding hydrogens is 261 g/mol. The molecule has 0 spiro atoms. The number of hydrogen-bond acceptors (Lipinski definition) is 4. The molecular formula is C11H14FNO4S. The minimum absolute atomic E-state index is 0.225. The Labute approximate surface area is 105 Å². The number of β-amino-alcohol motifs (C(OH)–C–C–N with tert-alkyl or cyclic N) is 2. The van der Waals surface area contributed by atoms with Gasteiger partial charge in [0.05, 0.1) is 12.2 Å². The number of hydrogen-bond donors (Lipinski definition) is 2. The summed E-state index contributed by atoms with van der Waals surface area (Å²) < 4.78 is 38.8. The first-order chi connectivity index (χ1) is 8.32. The highest BCUT2D eigenvalue weighted by atomic mass is 32.2. The SMILES string of the molecule is Cc1ccc(F)c(S(=O)(=O)N2C[C@@H](O)[C@@H](O)C2)c1. The Balaban J connectivity index is 2.40. The minimum Gasteiger partial charge on any atom is -0.389 e. The van der Waals surface area contributed by atoms with Gasteiger partial charge in [-0.25, -0.2) is 12.8 Å². The van der Waals surface area contributed by atoms with Gasteiger partial charge in [0.1, 0.15) is 10.7 Å². The topological polar surface area (TPSA) is 77.8 Å². The Morgan fingerprint density at radius 1 is 1.28 bits per heavy atom. The summed E-state index contributed by atoms with van der Waals surface area (Å²) in [6.07, 6.45) is -2.26. The molecule has 1 aromatic carbocycles. The molecule has 1 fully saturated rings. The fraction of sp³-hybridized carbons (Fsp3) is 0.455. The summed E-state index contributed by atoms with van der Waals surface area (Å²) in [5.41, 5.74) is 0.621. The van der Waals surface area contributed by atoms with E-state index in [1.807, 2.05) is 0 Å². The van der Waals surface area contributed by atoms with Crippen LogP contribution in [0.25, 0.3) is 0 Å². The van der Waals surface area contributed by atoms with E-state index in [1.165, 1.54) is 12.1 Å². The molecule has 0 saturated carbocycles. The van der Waals surface area contributed by atoms with E-state index in [2.05, 4.69) is 0 Å². The first kappa shape index (κ1) is 13.4. The second kappa shape index (κ2) is 4.58. The summed E-state index contributed by atoms with van der Waals surface area (Å²) in [6, 6.07) is 3.80. The summed E-state index contributed by atoms with van der Waals surface area (Å²) in [5, 5.41) is 18.7. The van der Waals surface area contributed by atoms with E-state index in [9.17, 15) is 23.0 Å². The van der Waals surface area contributed by atoms with Crippen molar-refractivity contribution in [3.63, 3.8) is 0 Å². The number of aliphatic hydroxyl groups excluding tert-OH is 2. The lowest BCUT2D eigenvalue weighted by Crippen LogP contribution is -2.30. The van der Waals surface area contributed by atoms with Crippen LogP contribution in [0.3, 0.4) is 0 Å². The van der Waals surface area contributed by atoms with Crippen molar-refractivity contribution in [2.24, 2.45) is 0 Å². The molecule has 1 aromatic rings. The second-order valence-electron chi connectivity index (χ2n) is 4.39. The number of aliphatic hydroxyl groups is 2.